The van der Waals surface area contributed by atoms with E-state index in [0.29, 0.717) is 12.1 Å². The smallest absolute Gasteiger partial charge is 0.251 e. The van der Waals surface area contributed by atoms with Crippen LogP contribution in [0.15, 0.2) is 67.0 Å². The molecule has 3 aromatic rings. The SMILES string of the molecule is CN(C)c1ccc(C(=O)NCCCn2ccnc2-c2ccccc2)cc1. The average molecular weight is 348 g/mol. The number of rotatable bonds is 7. The van der Waals surface area contributed by atoms with Crippen LogP contribution in [-0.4, -0.2) is 36.1 Å². The van der Waals surface area contributed by atoms with E-state index in [2.05, 4.69) is 27.0 Å². The van der Waals surface area contributed by atoms with Crippen molar-refractivity contribution in [3.8, 4) is 11.4 Å². The van der Waals surface area contributed by atoms with Gasteiger partial charge in [0.2, 0.25) is 0 Å². The number of aryl methyl sites for hydroxylation is 1. The monoisotopic (exact) mass is 348 g/mol. The fourth-order valence-corrected chi connectivity index (χ4v) is 2.80. The number of carbonyl (C=O) groups excluding carboxylic acids is 1. The molecule has 0 unspecified atom stereocenters. The van der Waals surface area contributed by atoms with Crippen molar-refractivity contribution in [2.24, 2.45) is 0 Å². The predicted molar refractivity (Wildman–Crippen MR) is 105 cm³/mol. The summed E-state index contributed by atoms with van der Waals surface area (Å²) in [6.07, 6.45) is 4.63. The van der Waals surface area contributed by atoms with Crippen molar-refractivity contribution in [1.29, 1.82) is 0 Å². The molecular weight excluding hydrogens is 324 g/mol. The molecule has 26 heavy (non-hydrogen) atoms. The molecule has 2 aromatic carbocycles. The van der Waals surface area contributed by atoms with Gasteiger partial charge in [-0.1, -0.05) is 30.3 Å². The van der Waals surface area contributed by atoms with E-state index >= 15 is 0 Å². The third-order valence-electron chi connectivity index (χ3n) is 4.25. The third kappa shape index (κ3) is 4.30. The maximum atomic E-state index is 12.2. The maximum Gasteiger partial charge on any atom is 0.251 e. The van der Waals surface area contributed by atoms with E-state index in [1.165, 1.54) is 0 Å². The lowest BCUT2D eigenvalue weighted by Crippen LogP contribution is -2.25. The van der Waals surface area contributed by atoms with E-state index in [4.69, 9.17) is 0 Å². The van der Waals surface area contributed by atoms with Crippen molar-refractivity contribution >= 4 is 11.6 Å². The van der Waals surface area contributed by atoms with E-state index in [-0.39, 0.29) is 5.91 Å². The van der Waals surface area contributed by atoms with E-state index in [1.807, 2.05) is 73.9 Å². The first-order valence-corrected chi connectivity index (χ1v) is 8.77. The number of carbonyl (C=O) groups is 1. The first-order valence-electron chi connectivity index (χ1n) is 8.77. The van der Waals surface area contributed by atoms with Gasteiger partial charge in [0.05, 0.1) is 0 Å². The molecule has 0 aliphatic heterocycles. The molecule has 0 radical (unpaired) electrons. The van der Waals surface area contributed by atoms with Crippen LogP contribution in [0.2, 0.25) is 0 Å². The van der Waals surface area contributed by atoms with Gasteiger partial charge < -0.3 is 14.8 Å². The van der Waals surface area contributed by atoms with Crippen LogP contribution in [0.4, 0.5) is 5.69 Å². The van der Waals surface area contributed by atoms with Crippen molar-refractivity contribution in [3.63, 3.8) is 0 Å². The Labute approximate surface area is 154 Å². The largest absolute Gasteiger partial charge is 0.378 e. The highest BCUT2D eigenvalue weighted by Crippen LogP contribution is 2.17. The molecule has 5 heteroatoms. The van der Waals surface area contributed by atoms with Crippen LogP contribution in [0.5, 0.6) is 0 Å². The van der Waals surface area contributed by atoms with Crippen LogP contribution in [0.1, 0.15) is 16.8 Å². The summed E-state index contributed by atoms with van der Waals surface area (Å²) < 4.78 is 2.12. The predicted octanol–water partition coefficient (Wildman–Crippen LogP) is 3.44. The van der Waals surface area contributed by atoms with Crippen molar-refractivity contribution in [1.82, 2.24) is 14.9 Å². The van der Waals surface area contributed by atoms with Gasteiger partial charge in [0.1, 0.15) is 5.82 Å². The van der Waals surface area contributed by atoms with Gasteiger partial charge in [0.25, 0.3) is 5.91 Å². The van der Waals surface area contributed by atoms with Gasteiger partial charge in [0.15, 0.2) is 0 Å². The Morgan fingerprint density at radius 1 is 1.08 bits per heavy atom. The lowest BCUT2D eigenvalue weighted by atomic mass is 10.2. The highest BCUT2D eigenvalue weighted by Gasteiger charge is 2.07. The minimum absolute atomic E-state index is 0.0378. The van der Waals surface area contributed by atoms with Crippen molar-refractivity contribution in [2.75, 3.05) is 25.5 Å². The van der Waals surface area contributed by atoms with Crippen molar-refractivity contribution in [3.05, 3.63) is 72.6 Å². The zero-order valence-corrected chi connectivity index (χ0v) is 15.2. The average Bonchev–Trinajstić information content (AvgIpc) is 3.14. The van der Waals surface area contributed by atoms with Crippen LogP contribution in [0, 0.1) is 0 Å². The lowest BCUT2D eigenvalue weighted by Gasteiger charge is -2.13. The van der Waals surface area contributed by atoms with Crippen LogP contribution in [-0.2, 0) is 6.54 Å². The number of amides is 1. The molecule has 0 aliphatic carbocycles. The summed E-state index contributed by atoms with van der Waals surface area (Å²) in [5.74, 6) is 0.917. The zero-order valence-electron chi connectivity index (χ0n) is 15.2. The summed E-state index contributed by atoms with van der Waals surface area (Å²) >= 11 is 0. The number of aromatic nitrogens is 2. The Hall–Kier alpha value is -3.08. The quantitative estimate of drug-likeness (QED) is 0.666. The first-order chi connectivity index (χ1) is 12.6. The second-order valence-corrected chi connectivity index (χ2v) is 6.36. The van der Waals surface area contributed by atoms with Crippen LogP contribution in [0.25, 0.3) is 11.4 Å². The number of imidazole rings is 1. The first kappa shape index (κ1) is 17.7. The number of hydrogen-bond donors (Lipinski definition) is 1. The molecule has 0 bridgehead atoms. The molecule has 1 aromatic heterocycles. The Bertz CT molecular complexity index is 838. The topological polar surface area (TPSA) is 50.2 Å². The molecule has 0 saturated heterocycles. The van der Waals surface area contributed by atoms with Gasteiger partial charge >= 0.3 is 0 Å². The normalized spacial score (nSPS) is 10.5. The number of hydrogen-bond acceptors (Lipinski definition) is 3. The minimum atomic E-state index is -0.0378. The molecule has 0 atom stereocenters. The molecule has 5 nitrogen and oxygen atoms in total. The number of nitrogens with zero attached hydrogens (tertiary/aromatic N) is 3. The highest BCUT2D eigenvalue weighted by molar-refractivity contribution is 5.94. The van der Waals surface area contributed by atoms with Gasteiger partial charge in [-0.05, 0) is 30.7 Å². The summed E-state index contributed by atoms with van der Waals surface area (Å²) in [6.45, 7) is 1.44. The zero-order chi connectivity index (χ0) is 18.4. The highest BCUT2D eigenvalue weighted by atomic mass is 16.1. The molecular formula is C21H24N4O. The van der Waals surface area contributed by atoms with E-state index in [0.717, 1.165) is 30.0 Å². The van der Waals surface area contributed by atoms with Gasteiger partial charge in [-0.3, -0.25) is 4.79 Å². The van der Waals surface area contributed by atoms with Crippen molar-refractivity contribution in [2.45, 2.75) is 13.0 Å². The minimum Gasteiger partial charge on any atom is -0.378 e. The molecule has 3 rings (SSSR count). The molecule has 1 N–H and O–H groups in total. The van der Waals surface area contributed by atoms with Gasteiger partial charge in [-0.15, -0.1) is 0 Å². The Morgan fingerprint density at radius 2 is 1.81 bits per heavy atom. The summed E-state index contributed by atoms with van der Waals surface area (Å²) in [4.78, 5) is 18.7. The summed E-state index contributed by atoms with van der Waals surface area (Å²) in [7, 11) is 3.96. The van der Waals surface area contributed by atoms with Crippen LogP contribution >= 0.6 is 0 Å². The van der Waals surface area contributed by atoms with Gasteiger partial charge in [-0.25, -0.2) is 4.98 Å². The lowest BCUT2D eigenvalue weighted by molar-refractivity contribution is 0.0953. The maximum absolute atomic E-state index is 12.2. The summed E-state index contributed by atoms with van der Waals surface area (Å²) in [5, 5.41) is 2.98. The molecule has 0 fully saturated rings. The van der Waals surface area contributed by atoms with E-state index in [1.54, 1.807) is 0 Å². The van der Waals surface area contributed by atoms with E-state index in [9.17, 15) is 4.79 Å². The Balaban J connectivity index is 1.50. The molecule has 0 aliphatic rings. The molecule has 0 saturated carbocycles. The number of nitrogens with one attached hydrogen (secondary N) is 1. The van der Waals surface area contributed by atoms with Crippen LogP contribution < -0.4 is 10.2 Å². The molecule has 1 amide bonds. The number of benzene rings is 2. The van der Waals surface area contributed by atoms with Gasteiger partial charge in [0, 0.05) is 56.4 Å². The van der Waals surface area contributed by atoms with Crippen molar-refractivity contribution < 1.29 is 4.79 Å². The standard InChI is InChI=1S/C21H24N4O/c1-24(2)19-11-9-18(10-12-19)21(26)23-13-6-15-25-16-14-22-20(25)17-7-4-3-5-8-17/h3-5,7-12,14,16H,6,13,15H2,1-2H3,(H,23,26). The second-order valence-electron chi connectivity index (χ2n) is 6.36. The van der Waals surface area contributed by atoms with Crippen LogP contribution in [0.3, 0.4) is 0 Å². The molecule has 0 spiro atoms. The third-order valence-corrected chi connectivity index (χ3v) is 4.25. The second kappa shape index (κ2) is 8.34. The Kier molecular flexibility index (Phi) is 5.69. The molecule has 1 heterocycles. The van der Waals surface area contributed by atoms with E-state index < -0.39 is 0 Å². The van der Waals surface area contributed by atoms with Gasteiger partial charge in [-0.2, -0.15) is 0 Å². The fraction of sp³-hybridized carbons (Fsp3) is 0.238. The molecule has 134 valence electrons. The summed E-state index contributed by atoms with van der Waals surface area (Å²) in [5.41, 5.74) is 2.86. The number of anilines is 1. The Morgan fingerprint density at radius 3 is 2.50 bits per heavy atom. The summed E-state index contributed by atoms with van der Waals surface area (Å²) in [6, 6.07) is 17.7. The fourth-order valence-electron chi connectivity index (χ4n) is 2.80.